The molecule has 5 nitrogen and oxygen atoms in total. The number of quaternary nitrogens is 1. The van der Waals surface area contributed by atoms with Crippen LogP contribution >= 0.6 is 12.2 Å². The van der Waals surface area contributed by atoms with Crippen molar-refractivity contribution in [1.29, 1.82) is 0 Å². The number of fused-ring (bicyclic) bond motifs is 2. The van der Waals surface area contributed by atoms with E-state index in [4.69, 9.17) is 21.4 Å². The van der Waals surface area contributed by atoms with E-state index in [1.54, 1.807) is 18.3 Å². The van der Waals surface area contributed by atoms with Gasteiger partial charge >= 0.3 is 0 Å². The Hall–Kier alpha value is -1.11. The molecule has 1 aromatic rings. The molecule has 0 amide bonds. The molecule has 2 fully saturated rings. The maximum Gasteiger partial charge on any atom is 0.166 e. The maximum absolute atomic E-state index is 5.58. The van der Waals surface area contributed by atoms with Crippen LogP contribution in [-0.4, -0.2) is 43.5 Å². The van der Waals surface area contributed by atoms with E-state index in [-0.39, 0.29) is 0 Å². The highest BCUT2D eigenvalue weighted by atomic mass is 32.1. The summed E-state index contributed by atoms with van der Waals surface area (Å²) in [7, 11) is 1.73. The summed E-state index contributed by atoms with van der Waals surface area (Å²) in [4.78, 5) is 1.72. The van der Waals surface area contributed by atoms with Crippen LogP contribution in [0.3, 0.4) is 0 Å². The van der Waals surface area contributed by atoms with Crippen LogP contribution in [0.25, 0.3) is 0 Å². The normalized spacial score (nSPS) is 29.2. The second-order valence-corrected chi connectivity index (χ2v) is 7.48. The maximum atomic E-state index is 5.58. The quantitative estimate of drug-likeness (QED) is 0.509. The third kappa shape index (κ3) is 4.71. The zero-order valence-electron chi connectivity index (χ0n) is 14.6. The minimum absolute atomic E-state index is 0.503. The van der Waals surface area contributed by atoms with Gasteiger partial charge in [-0.05, 0) is 50.0 Å². The van der Waals surface area contributed by atoms with E-state index >= 15 is 0 Å². The smallest absolute Gasteiger partial charge is 0.166 e. The molecule has 2 aliphatic heterocycles. The molecule has 0 aromatic carbocycles. The van der Waals surface area contributed by atoms with Crippen LogP contribution in [0.1, 0.15) is 44.3 Å². The summed E-state index contributed by atoms with van der Waals surface area (Å²) < 4.78 is 10.6. The molecule has 3 rings (SSSR count). The van der Waals surface area contributed by atoms with Gasteiger partial charge in [0.05, 0.1) is 18.3 Å². The first kappa shape index (κ1) is 17.7. The van der Waals surface area contributed by atoms with Gasteiger partial charge in [-0.1, -0.05) is 0 Å². The largest absolute Gasteiger partial charge is 0.463 e. The lowest BCUT2D eigenvalue weighted by atomic mass is 9.81. The van der Waals surface area contributed by atoms with Gasteiger partial charge in [-0.15, -0.1) is 0 Å². The predicted molar refractivity (Wildman–Crippen MR) is 98.1 cm³/mol. The molecule has 0 saturated carbocycles. The number of hydrogen-bond donors (Lipinski definition) is 3. The third-order valence-electron chi connectivity index (χ3n) is 5.40. The van der Waals surface area contributed by atoms with Gasteiger partial charge in [0.15, 0.2) is 10.9 Å². The number of furan rings is 1. The molecule has 0 spiro atoms. The summed E-state index contributed by atoms with van der Waals surface area (Å²) in [6.45, 7) is 2.66. The van der Waals surface area contributed by atoms with Crippen molar-refractivity contribution in [3.05, 3.63) is 24.2 Å². The number of nitrogens with one attached hydrogen (secondary N) is 3. The van der Waals surface area contributed by atoms with E-state index in [2.05, 4.69) is 16.7 Å². The van der Waals surface area contributed by atoms with Gasteiger partial charge in [-0.25, -0.2) is 0 Å². The lowest BCUT2D eigenvalue weighted by Gasteiger charge is -2.45. The highest BCUT2D eigenvalue weighted by Gasteiger charge is 2.42. The Morgan fingerprint density at radius 1 is 1.38 bits per heavy atom. The molecule has 0 radical (unpaired) electrons. The molecule has 6 heteroatoms. The van der Waals surface area contributed by atoms with Gasteiger partial charge in [0.1, 0.15) is 6.54 Å². The Labute approximate surface area is 150 Å². The Morgan fingerprint density at radius 3 is 2.83 bits per heavy atom. The van der Waals surface area contributed by atoms with Crippen molar-refractivity contribution in [2.24, 2.45) is 0 Å². The molecule has 2 aliphatic rings. The molecular weight excluding hydrogens is 322 g/mol. The standard InChI is InChI=1S/C18H29N3O2S/c1-22-9-4-8-19-18(24)20-14-11-15-5-2-6-16(12-14)21(15)13-17-7-3-10-23-17/h3,7,10,14-16H,2,4-6,8-9,11-13H2,1H3,(H2,19,20,24)/p+1/t14?,15-,16+. The predicted octanol–water partition coefficient (Wildman–Crippen LogP) is 1.25. The van der Waals surface area contributed by atoms with Crippen molar-refractivity contribution in [1.82, 2.24) is 10.6 Å². The van der Waals surface area contributed by atoms with Crippen LogP contribution in [0.15, 0.2) is 22.8 Å². The average Bonchev–Trinajstić information content (AvgIpc) is 3.05. The second kappa shape index (κ2) is 8.83. The fraction of sp³-hybridized carbons (Fsp3) is 0.722. The second-order valence-electron chi connectivity index (χ2n) is 7.07. The first-order valence-electron chi connectivity index (χ1n) is 9.17. The zero-order chi connectivity index (χ0) is 16.8. The molecule has 0 aliphatic carbocycles. The van der Waals surface area contributed by atoms with Gasteiger partial charge in [-0.2, -0.15) is 0 Å². The number of methoxy groups -OCH3 is 1. The summed E-state index contributed by atoms with van der Waals surface area (Å²) in [5.41, 5.74) is 0. The Morgan fingerprint density at radius 2 is 2.17 bits per heavy atom. The third-order valence-corrected chi connectivity index (χ3v) is 5.66. The van der Waals surface area contributed by atoms with Crippen molar-refractivity contribution in [3.63, 3.8) is 0 Å². The molecule has 134 valence electrons. The van der Waals surface area contributed by atoms with Crippen molar-refractivity contribution in [3.8, 4) is 0 Å². The molecule has 4 atom stereocenters. The number of ether oxygens (including phenoxy) is 1. The van der Waals surface area contributed by atoms with Crippen LogP contribution in [0.4, 0.5) is 0 Å². The van der Waals surface area contributed by atoms with Gasteiger partial charge in [-0.3, -0.25) is 0 Å². The summed E-state index contributed by atoms with van der Waals surface area (Å²) >= 11 is 5.45. The van der Waals surface area contributed by atoms with Crippen molar-refractivity contribution in [2.45, 2.75) is 63.2 Å². The van der Waals surface area contributed by atoms with Crippen LogP contribution in [0.2, 0.25) is 0 Å². The minimum atomic E-state index is 0.503. The fourth-order valence-electron chi connectivity index (χ4n) is 4.31. The molecule has 3 heterocycles. The zero-order valence-corrected chi connectivity index (χ0v) is 15.4. The highest BCUT2D eigenvalue weighted by Crippen LogP contribution is 2.22. The molecule has 2 unspecified atom stereocenters. The number of rotatable bonds is 7. The molecule has 2 bridgehead atoms. The molecule has 24 heavy (non-hydrogen) atoms. The van der Waals surface area contributed by atoms with E-state index in [0.717, 1.165) is 49.1 Å². The monoisotopic (exact) mass is 352 g/mol. The highest BCUT2D eigenvalue weighted by molar-refractivity contribution is 7.80. The number of thiocarbonyl (C=S) groups is 1. The average molecular weight is 353 g/mol. The fourth-order valence-corrected chi connectivity index (χ4v) is 4.58. The topological polar surface area (TPSA) is 50.9 Å². The molecule has 1 aromatic heterocycles. The van der Waals surface area contributed by atoms with Gasteiger partial charge in [0.25, 0.3) is 0 Å². The summed E-state index contributed by atoms with van der Waals surface area (Å²) in [6.07, 6.45) is 9.17. The Bertz CT molecular complexity index is 494. The van der Waals surface area contributed by atoms with Gasteiger partial charge in [0.2, 0.25) is 0 Å². The van der Waals surface area contributed by atoms with Gasteiger partial charge in [0, 0.05) is 39.1 Å². The molecular formula is C18H30N3O2S+. The summed E-state index contributed by atoms with van der Waals surface area (Å²) in [6, 6.07) is 6.04. The minimum Gasteiger partial charge on any atom is -0.463 e. The molecule has 3 N–H and O–H groups in total. The Kier molecular flexibility index (Phi) is 6.51. The van der Waals surface area contributed by atoms with E-state index < -0.39 is 0 Å². The van der Waals surface area contributed by atoms with Crippen LogP contribution in [0, 0.1) is 0 Å². The Balaban J connectivity index is 1.48. The number of piperidine rings is 2. The molecule has 2 saturated heterocycles. The van der Waals surface area contributed by atoms with Crippen molar-refractivity contribution in [2.75, 3.05) is 20.3 Å². The van der Waals surface area contributed by atoms with E-state index in [1.807, 2.05) is 6.07 Å². The summed E-state index contributed by atoms with van der Waals surface area (Å²) in [5.74, 6) is 1.11. The van der Waals surface area contributed by atoms with Crippen molar-refractivity contribution < 1.29 is 14.1 Å². The first-order chi connectivity index (χ1) is 11.8. The summed E-state index contributed by atoms with van der Waals surface area (Å²) in [5, 5.41) is 7.64. The lowest BCUT2D eigenvalue weighted by Crippen LogP contribution is -3.20. The van der Waals surface area contributed by atoms with Crippen LogP contribution < -0.4 is 15.5 Å². The van der Waals surface area contributed by atoms with E-state index in [9.17, 15) is 0 Å². The van der Waals surface area contributed by atoms with Gasteiger partial charge < -0.3 is 24.7 Å². The number of hydrogen-bond acceptors (Lipinski definition) is 3. The SMILES string of the molecule is COCCCNC(=S)NC1C[C@H]2CCC[C@@H](C1)[NH+]2Cc1ccco1. The van der Waals surface area contributed by atoms with E-state index in [1.165, 1.54) is 32.1 Å². The lowest BCUT2D eigenvalue weighted by molar-refractivity contribution is -0.974. The van der Waals surface area contributed by atoms with E-state index in [0.29, 0.717) is 6.04 Å². The van der Waals surface area contributed by atoms with Crippen LogP contribution in [-0.2, 0) is 11.3 Å². The van der Waals surface area contributed by atoms with Crippen LogP contribution in [0.5, 0.6) is 0 Å². The van der Waals surface area contributed by atoms with Crippen molar-refractivity contribution >= 4 is 17.3 Å². The first-order valence-corrected chi connectivity index (χ1v) is 9.58.